The highest BCUT2D eigenvalue weighted by Crippen LogP contribution is 2.31. The third kappa shape index (κ3) is 5.78. The van der Waals surface area contributed by atoms with Crippen LogP contribution in [0, 0.1) is 0 Å². The molecule has 0 aliphatic carbocycles. The van der Waals surface area contributed by atoms with Crippen LogP contribution >= 0.6 is 0 Å². The van der Waals surface area contributed by atoms with Crippen molar-refractivity contribution in [3.63, 3.8) is 0 Å². The smallest absolute Gasteiger partial charge is 0.251 e. The van der Waals surface area contributed by atoms with Gasteiger partial charge in [-0.15, -0.1) is 0 Å². The Labute approximate surface area is 206 Å². The Bertz CT molecular complexity index is 1190. The maximum atomic E-state index is 13.1. The van der Waals surface area contributed by atoms with Crippen LogP contribution < -0.4 is 10.1 Å². The lowest BCUT2D eigenvalue weighted by molar-refractivity contribution is -0.113. The zero-order chi connectivity index (χ0) is 24.0. The second-order valence-electron chi connectivity index (χ2n) is 9.17. The van der Waals surface area contributed by atoms with Crippen molar-refractivity contribution in [3.8, 4) is 16.9 Å². The Morgan fingerprint density at radius 1 is 1.06 bits per heavy atom. The molecular formula is C29H31N3O3. The molecule has 3 aromatic rings. The first-order valence-electron chi connectivity index (χ1n) is 12.2. The van der Waals surface area contributed by atoms with E-state index in [2.05, 4.69) is 40.4 Å². The summed E-state index contributed by atoms with van der Waals surface area (Å²) in [5.41, 5.74) is 5.70. The molecule has 0 radical (unpaired) electrons. The van der Waals surface area contributed by atoms with Crippen LogP contribution in [0.1, 0.15) is 30.4 Å². The first kappa shape index (κ1) is 23.3. The van der Waals surface area contributed by atoms with Gasteiger partial charge in [-0.1, -0.05) is 24.3 Å². The van der Waals surface area contributed by atoms with E-state index in [1.54, 1.807) is 6.20 Å². The number of aromatic nitrogens is 1. The number of carbonyl (C=O) groups excluding carboxylic acids is 1. The van der Waals surface area contributed by atoms with Gasteiger partial charge in [0, 0.05) is 67.0 Å². The molecule has 0 spiro atoms. The maximum absolute atomic E-state index is 13.1. The number of benzene rings is 2. The SMILES string of the molecule is CN(Cc1ccc(NC(=O)C2=Cc3cc(-c4cccnc4)ccc3OCC2)cc1)C1CCOCC1. The molecule has 0 bridgehead atoms. The lowest BCUT2D eigenvalue weighted by Gasteiger charge is -2.31. The molecule has 2 aromatic carbocycles. The third-order valence-electron chi connectivity index (χ3n) is 6.71. The van der Waals surface area contributed by atoms with Crippen LogP contribution in [0.5, 0.6) is 5.75 Å². The Morgan fingerprint density at radius 2 is 1.89 bits per heavy atom. The van der Waals surface area contributed by atoms with Gasteiger partial charge in [0.15, 0.2) is 0 Å². The molecule has 6 heteroatoms. The molecule has 1 saturated heterocycles. The number of ether oxygens (including phenoxy) is 2. The fourth-order valence-corrected chi connectivity index (χ4v) is 4.66. The summed E-state index contributed by atoms with van der Waals surface area (Å²) in [6, 6.07) is 18.7. The van der Waals surface area contributed by atoms with E-state index >= 15 is 0 Å². The Balaban J connectivity index is 1.26. The molecule has 1 amide bonds. The molecule has 3 heterocycles. The Kier molecular flexibility index (Phi) is 7.21. The summed E-state index contributed by atoms with van der Waals surface area (Å²) in [7, 11) is 2.17. The highest BCUT2D eigenvalue weighted by molar-refractivity contribution is 6.07. The van der Waals surface area contributed by atoms with Crippen LogP contribution in [0.3, 0.4) is 0 Å². The minimum Gasteiger partial charge on any atom is -0.493 e. The van der Waals surface area contributed by atoms with Crippen molar-refractivity contribution in [1.29, 1.82) is 0 Å². The zero-order valence-corrected chi connectivity index (χ0v) is 20.1. The van der Waals surface area contributed by atoms with Gasteiger partial charge in [-0.2, -0.15) is 0 Å². The number of hydrogen-bond acceptors (Lipinski definition) is 5. The molecule has 0 saturated carbocycles. The van der Waals surface area contributed by atoms with E-state index in [4.69, 9.17) is 9.47 Å². The summed E-state index contributed by atoms with van der Waals surface area (Å²) in [6.07, 6.45) is 8.25. The molecule has 5 rings (SSSR count). The van der Waals surface area contributed by atoms with E-state index in [9.17, 15) is 4.79 Å². The summed E-state index contributed by atoms with van der Waals surface area (Å²) >= 11 is 0. The van der Waals surface area contributed by atoms with Crippen LogP contribution in [-0.2, 0) is 16.1 Å². The highest BCUT2D eigenvalue weighted by Gasteiger charge is 2.19. The predicted octanol–water partition coefficient (Wildman–Crippen LogP) is 5.16. The van der Waals surface area contributed by atoms with Gasteiger partial charge in [0.05, 0.1) is 6.61 Å². The van der Waals surface area contributed by atoms with Crippen LogP contribution in [0.4, 0.5) is 5.69 Å². The molecule has 2 aliphatic heterocycles. The molecule has 1 aromatic heterocycles. The molecule has 2 aliphatic rings. The van der Waals surface area contributed by atoms with E-state index in [0.717, 1.165) is 60.7 Å². The van der Waals surface area contributed by atoms with E-state index in [1.165, 1.54) is 5.56 Å². The summed E-state index contributed by atoms with van der Waals surface area (Å²) in [5.74, 6) is 0.693. The largest absolute Gasteiger partial charge is 0.493 e. The maximum Gasteiger partial charge on any atom is 0.251 e. The number of nitrogens with one attached hydrogen (secondary N) is 1. The minimum absolute atomic E-state index is 0.0969. The summed E-state index contributed by atoms with van der Waals surface area (Å²) in [4.78, 5) is 19.7. The number of nitrogens with zero attached hydrogens (tertiary/aromatic N) is 2. The first-order chi connectivity index (χ1) is 17.2. The quantitative estimate of drug-likeness (QED) is 0.540. The minimum atomic E-state index is -0.0969. The van der Waals surface area contributed by atoms with Crippen LogP contribution in [-0.4, -0.2) is 48.7 Å². The van der Waals surface area contributed by atoms with Crippen LogP contribution in [0.15, 0.2) is 72.6 Å². The number of anilines is 1. The van der Waals surface area contributed by atoms with Gasteiger partial charge in [0.25, 0.3) is 5.91 Å². The van der Waals surface area contributed by atoms with Gasteiger partial charge < -0.3 is 14.8 Å². The van der Waals surface area contributed by atoms with E-state index in [0.29, 0.717) is 24.6 Å². The summed E-state index contributed by atoms with van der Waals surface area (Å²) in [5, 5.41) is 3.06. The third-order valence-corrected chi connectivity index (χ3v) is 6.71. The van der Waals surface area contributed by atoms with Gasteiger partial charge in [0.2, 0.25) is 0 Å². The summed E-state index contributed by atoms with van der Waals surface area (Å²) < 4.78 is 11.4. The normalized spacial score (nSPS) is 16.1. The first-order valence-corrected chi connectivity index (χ1v) is 12.2. The van der Waals surface area contributed by atoms with E-state index < -0.39 is 0 Å². The van der Waals surface area contributed by atoms with Crippen molar-refractivity contribution in [2.24, 2.45) is 0 Å². The monoisotopic (exact) mass is 469 g/mol. The Morgan fingerprint density at radius 3 is 2.66 bits per heavy atom. The molecular weight excluding hydrogens is 438 g/mol. The second kappa shape index (κ2) is 10.8. The highest BCUT2D eigenvalue weighted by atomic mass is 16.5. The van der Waals surface area contributed by atoms with Crippen molar-refractivity contribution in [3.05, 3.63) is 83.7 Å². The lowest BCUT2D eigenvalue weighted by Crippen LogP contribution is -2.36. The standard InChI is InChI=1S/C29H31N3O3/c1-32(27-11-14-34-15-12-27)20-21-4-7-26(8-5-21)31-29(33)23-10-16-35-28-9-6-22(17-25(28)18-23)24-3-2-13-30-19-24/h2-9,13,17-19,27H,10-12,14-16,20H2,1H3,(H,31,33). The average Bonchev–Trinajstić information content (AvgIpc) is 3.13. The molecule has 1 N–H and O–H groups in total. The van der Waals surface area contributed by atoms with Crippen molar-refractivity contribution in [2.45, 2.75) is 31.8 Å². The second-order valence-corrected chi connectivity index (χ2v) is 9.17. The van der Waals surface area contributed by atoms with Crippen LogP contribution in [0.2, 0.25) is 0 Å². The molecule has 180 valence electrons. The number of rotatable bonds is 6. The zero-order valence-electron chi connectivity index (χ0n) is 20.1. The predicted molar refractivity (Wildman–Crippen MR) is 138 cm³/mol. The van der Waals surface area contributed by atoms with Crippen LogP contribution in [0.25, 0.3) is 17.2 Å². The van der Waals surface area contributed by atoms with Crippen molar-refractivity contribution < 1.29 is 14.3 Å². The molecule has 0 atom stereocenters. The number of pyridine rings is 1. The van der Waals surface area contributed by atoms with E-state index in [1.807, 2.05) is 48.7 Å². The molecule has 1 fully saturated rings. The summed E-state index contributed by atoms with van der Waals surface area (Å²) in [6.45, 7) is 3.04. The fourth-order valence-electron chi connectivity index (χ4n) is 4.66. The number of hydrogen-bond donors (Lipinski definition) is 1. The van der Waals surface area contributed by atoms with Crippen molar-refractivity contribution in [2.75, 3.05) is 32.2 Å². The molecule has 6 nitrogen and oxygen atoms in total. The van der Waals surface area contributed by atoms with Gasteiger partial charge in [-0.05, 0) is 67.4 Å². The molecule has 35 heavy (non-hydrogen) atoms. The van der Waals surface area contributed by atoms with Crippen molar-refractivity contribution in [1.82, 2.24) is 9.88 Å². The van der Waals surface area contributed by atoms with E-state index in [-0.39, 0.29) is 5.91 Å². The average molecular weight is 470 g/mol. The topological polar surface area (TPSA) is 63.7 Å². The number of carbonyl (C=O) groups is 1. The molecule has 0 unspecified atom stereocenters. The van der Waals surface area contributed by atoms with Gasteiger partial charge >= 0.3 is 0 Å². The van der Waals surface area contributed by atoms with Gasteiger partial charge in [0.1, 0.15) is 5.75 Å². The van der Waals surface area contributed by atoms with Crippen molar-refractivity contribution >= 4 is 17.7 Å². The lowest BCUT2D eigenvalue weighted by atomic mass is 10.0. The number of fused-ring (bicyclic) bond motifs is 1. The Hall–Kier alpha value is -3.48. The number of amides is 1. The fraction of sp³-hybridized carbons (Fsp3) is 0.310. The van der Waals surface area contributed by atoms with Gasteiger partial charge in [-0.25, -0.2) is 0 Å². The van der Waals surface area contributed by atoms with Gasteiger partial charge in [-0.3, -0.25) is 14.7 Å².